The number of piperidine rings is 1. The van der Waals surface area contributed by atoms with Crippen molar-refractivity contribution in [2.24, 2.45) is 5.92 Å². The van der Waals surface area contributed by atoms with E-state index in [-0.39, 0.29) is 18.1 Å². The summed E-state index contributed by atoms with van der Waals surface area (Å²) in [7, 11) is 0. The van der Waals surface area contributed by atoms with E-state index >= 15 is 0 Å². The number of carbonyl (C=O) groups is 2. The van der Waals surface area contributed by atoms with Crippen LogP contribution in [0.1, 0.15) is 20.3 Å². The van der Waals surface area contributed by atoms with Crippen LogP contribution in [0.25, 0.3) is 0 Å². The molecule has 0 aromatic carbocycles. The van der Waals surface area contributed by atoms with Gasteiger partial charge < -0.3 is 20.0 Å². The van der Waals surface area contributed by atoms with Crippen LogP contribution in [-0.4, -0.2) is 88.3 Å². The van der Waals surface area contributed by atoms with Crippen molar-refractivity contribution >= 4 is 12.0 Å². The van der Waals surface area contributed by atoms with Gasteiger partial charge in [0.1, 0.15) is 6.04 Å². The van der Waals surface area contributed by atoms with Gasteiger partial charge in [-0.15, -0.1) is 0 Å². The minimum absolute atomic E-state index is 0.0105. The molecule has 0 saturated carbocycles. The van der Waals surface area contributed by atoms with E-state index in [1.807, 2.05) is 11.8 Å². The number of aliphatic hydroxyl groups excluding tert-OH is 1. The second-order valence-corrected chi connectivity index (χ2v) is 6.10. The highest BCUT2D eigenvalue weighted by Gasteiger charge is 2.32. The largest absolute Gasteiger partial charge is 0.480 e. The number of urea groups is 1. The minimum atomic E-state index is -0.825. The number of likely N-dealkylation sites (tertiary alicyclic amines) is 1. The van der Waals surface area contributed by atoms with E-state index in [1.165, 1.54) is 0 Å². The minimum Gasteiger partial charge on any atom is -0.480 e. The maximum atomic E-state index is 12.5. The molecule has 2 aliphatic rings. The Labute approximate surface area is 125 Å². The lowest BCUT2D eigenvalue weighted by Gasteiger charge is -2.41. The van der Waals surface area contributed by atoms with Crippen LogP contribution in [0.3, 0.4) is 0 Å². The van der Waals surface area contributed by atoms with E-state index in [4.69, 9.17) is 5.11 Å². The van der Waals surface area contributed by atoms with Crippen molar-refractivity contribution in [3.8, 4) is 0 Å². The molecule has 120 valence electrons. The molecule has 7 heteroatoms. The van der Waals surface area contributed by atoms with Crippen LogP contribution < -0.4 is 0 Å². The van der Waals surface area contributed by atoms with Crippen molar-refractivity contribution in [3.63, 3.8) is 0 Å². The van der Waals surface area contributed by atoms with E-state index in [0.29, 0.717) is 45.7 Å². The standard InChI is InChI=1S/C14H25N3O4/c1-10-9-17(4-3-12(10)18)14(21)16-7-5-15(6-8-16)11(2)13(19)20/h10-12,18H,3-9H2,1-2H3,(H,19,20). The summed E-state index contributed by atoms with van der Waals surface area (Å²) in [5.41, 5.74) is 0. The maximum Gasteiger partial charge on any atom is 0.320 e. The summed E-state index contributed by atoms with van der Waals surface area (Å²) in [5, 5.41) is 18.7. The molecule has 2 saturated heterocycles. The fourth-order valence-electron chi connectivity index (χ4n) is 2.96. The molecule has 0 radical (unpaired) electrons. The first kappa shape index (κ1) is 16.0. The number of carboxylic acids is 1. The van der Waals surface area contributed by atoms with Gasteiger partial charge in [0, 0.05) is 39.3 Å². The lowest BCUT2D eigenvalue weighted by molar-refractivity contribution is -0.143. The van der Waals surface area contributed by atoms with Gasteiger partial charge in [-0.3, -0.25) is 9.69 Å². The average Bonchev–Trinajstić information content (AvgIpc) is 2.48. The average molecular weight is 299 g/mol. The molecule has 2 amide bonds. The van der Waals surface area contributed by atoms with Crippen LogP contribution >= 0.6 is 0 Å². The van der Waals surface area contributed by atoms with E-state index in [1.54, 1.807) is 16.7 Å². The molecule has 0 bridgehead atoms. The van der Waals surface area contributed by atoms with E-state index in [9.17, 15) is 14.7 Å². The summed E-state index contributed by atoms with van der Waals surface area (Å²) >= 11 is 0. The predicted molar refractivity (Wildman–Crippen MR) is 77.0 cm³/mol. The summed E-state index contributed by atoms with van der Waals surface area (Å²) < 4.78 is 0. The number of hydrogen-bond donors (Lipinski definition) is 2. The monoisotopic (exact) mass is 299 g/mol. The van der Waals surface area contributed by atoms with Gasteiger partial charge in [-0.2, -0.15) is 0 Å². The second-order valence-electron chi connectivity index (χ2n) is 6.10. The van der Waals surface area contributed by atoms with Crippen LogP contribution in [0.4, 0.5) is 4.79 Å². The molecule has 0 aromatic rings. The highest BCUT2D eigenvalue weighted by Crippen LogP contribution is 2.18. The quantitative estimate of drug-likeness (QED) is 0.744. The predicted octanol–water partition coefficient (Wildman–Crippen LogP) is -0.100. The molecular formula is C14H25N3O4. The molecule has 2 N–H and O–H groups in total. The lowest BCUT2D eigenvalue weighted by atomic mass is 9.97. The second kappa shape index (κ2) is 6.62. The van der Waals surface area contributed by atoms with Gasteiger partial charge in [0.15, 0.2) is 0 Å². The Kier molecular flexibility index (Phi) is 5.05. The Morgan fingerprint density at radius 1 is 1.10 bits per heavy atom. The number of amides is 2. The molecule has 21 heavy (non-hydrogen) atoms. The third-order valence-electron chi connectivity index (χ3n) is 4.62. The van der Waals surface area contributed by atoms with Gasteiger partial charge >= 0.3 is 12.0 Å². The summed E-state index contributed by atoms with van der Waals surface area (Å²) in [6, 6.07) is -0.496. The number of nitrogens with zero attached hydrogens (tertiary/aromatic N) is 3. The molecule has 0 spiro atoms. The lowest BCUT2D eigenvalue weighted by Crippen LogP contribution is -2.57. The van der Waals surface area contributed by atoms with E-state index in [0.717, 1.165) is 0 Å². The third-order valence-corrected chi connectivity index (χ3v) is 4.62. The van der Waals surface area contributed by atoms with Crippen LogP contribution in [0, 0.1) is 5.92 Å². The molecule has 0 aromatic heterocycles. The zero-order valence-corrected chi connectivity index (χ0v) is 12.7. The first-order valence-corrected chi connectivity index (χ1v) is 7.59. The van der Waals surface area contributed by atoms with Gasteiger partial charge in [-0.25, -0.2) is 4.79 Å². The zero-order chi connectivity index (χ0) is 15.6. The first-order chi connectivity index (χ1) is 9.90. The normalized spacial score (nSPS) is 29.3. The molecular weight excluding hydrogens is 274 g/mol. The van der Waals surface area contributed by atoms with Crippen molar-refractivity contribution in [1.29, 1.82) is 0 Å². The zero-order valence-electron chi connectivity index (χ0n) is 12.7. The number of carbonyl (C=O) groups excluding carboxylic acids is 1. The Balaban J connectivity index is 1.84. The smallest absolute Gasteiger partial charge is 0.320 e. The molecule has 7 nitrogen and oxygen atoms in total. The van der Waals surface area contributed by atoms with Crippen molar-refractivity contribution in [3.05, 3.63) is 0 Å². The van der Waals surface area contributed by atoms with Crippen molar-refractivity contribution in [2.75, 3.05) is 39.3 Å². The van der Waals surface area contributed by atoms with Crippen molar-refractivity contribution in [2.45, 2.75) is 32.4 Å². The summed E-state index contributed by atoms with van der Waals surface area (Å²) in [6.45, 7) is 7.11. The molecule has 3 atom stereocenters. The number of carboxylic acid groups (broad SMARTS) is 1. The van der Waals surface area contributed by atoms with Gasteiger partial charge in [0.2, 0.25) is 0 Å². The molecule has 2 aliphatic heterocycles. The number of rotatable bonds is 2. The Morgan fingerprint density at radius 2 is 1.71 bits per heavy atom. The highest BCUT2D eigenvalue weighted by molar-refractivity contribution is 5.75. The Morgan fingerprint density at radius 3 is 2.24 bits per heavy atom. The van der Waals surface area contributed by atoms with Crippen LogP contribution in [-0.2, 0) is 4.79 Å². The number of hydrogen-bond acceptors (Lipinski definition) is 4. The summed E-state index contributed by atoms with van der Waals surface area (Å²) in [5.74, 6) is -0.718. The summed E-state index contributed by atoms with van der Waals surface area (Å²) in [4.78, 5) is 28.9. The van der Waals surface area contributed by atoms with Crippen LogP contribution in [0.2, 0.25) is 0 Å². The van der Waals surface area contributed by atoms with Gasteiger partial charge in [0.05, 0.1) is 6.10 Å². The number of aliphatic carboxylic acids is 1. The van der Waals surface area contributed by atoms with E-state index in [2.05, 4.69) is 0 Å². The summed E-state index contributed by atoms with van der Waals surface area (Å²) in [6.07, 6.45) is 0.311. The van der Waals surface area contributed by atoms with Gasteiger partial charge in [-0.05, 0) is 19.3 Å². The SMILES string of the molecule is CC1CN(C(=O)N2CCN(C(C)C(=O)O)CC2)CCC1O. The fraction of sp³-hybridized carbons (Fsp3) is 0.857. The topological polar surface area (TPSA) is 84.3 Å². The molecule has 2 rings (SSSR count). The molecule has 3 unspecified atom stereocenters. The fourth-order valence-corrected chi connectivity index (χ4v) is 2.96. The number of piperazine rings is 1. The van der Waals surface area contributed by atoms with Crippen LogP contribution in [0.15, 0.2) is 0 Å². The Bertz CT molecular complexity index is 396. The molecule has 0 aliphatic carbocycles. The van der Waals surface area contributed by atoms with E-state index < -0.39 is 12.0 Å². The maximum absolute atomic E-state index is 12.5. The van der Waals surface area contributed by atoms with Crippen molar-refractivity contribution in [1.82, 2.24) is 14.7 Å². The van der Waals surface area contributed by atoms with Crippen LogP contribution in [0.5, 0.6) is 0 Å². The third kappa shape index (κ3) is 3.65. The first-order valence-electron chi connectivity index (χ1n) is 7.59. The molecule has 2 heterocycles. The Hall–Kier alpha value is -1.34. The van der Waals surface area contributed by atoms with Crippen molar-refractivity contribution < 1.29 is 19.8 Å². The highest BCUT2D eigenvalue weighted by atomic mass is 16.4. The van der Waals surface area contributed by atoms with Gasteiger partial charge in [0.25, 0.3) is 0 Å². The molecule has 2 fully saturated rings. The number of aliphatic hydroxyl groups is 1. The van der Waals surface area contributed by atoms with Gasteiger partial charge in [-0.1, -0.05) is 6.92 Å².